The van der Waals surface area contributed by atoms with Gasteiger partial charge < -0.3 is 15.2 Å². The molecule has 1 fully saturated rings. The van der Waals surface area contributed by atoms with Crippen LogP contribution in [-0.4, -0.2) is 36.4 Å². The predicted octanol–water partition coefficient (Wildman–Crippen LogP) is 1.14. The summed E-state index contributed by atoms with van der Waals surface area (Å²) in [6.07, 6.45) is 3.40. The summed E-state index contributed by atoms with van der Waals surface area (Å²) in [5.74, 6) is 0.254. The maximum atomic E-state index is 11.2. The van der Waals surface area contributed by atoms with Gasteiger partial charge in [0, 0.05) is 12.4 Å². The van der Waals surface area contributed by atoms with E-state index in [1.165, 1.54) is 6.42 Å². The molecule has 0 aromatic heterocycles. The van der Waals surface area contributed by atoms with E-state index >= 15 is 0 Å². The summed E-state index contributed by atoms with van der Waals surface area (Å²) >= 11 is 1.61. The summed E-state index contributed by atoms with van der Waals surface area (Å²) in [5.41, 5.74) is 5.88. The van der Waals surface area contributed by atoms with Gasteiger partial charge in [-0.3, -0.25) is 4.79 Å². The zero-order valence-corrected chi connectivity index (χ0v) is 9.92. The number of hydrogen-bond donors (Lipinski definition) is 1. The summed E-state index contributed by atoms with van der Waals surface area (Å²) in [6, 6.07) is -0.527. The topological polar surface area (TPSA) is 61.5 Å². The summed E-state index contributed by atoms with van der Waals surface area (Å²) in [6.45, 7) is 2.99. The van der Waals surface area contributed by atoms with Gasteiger partial charge in [-0.25, -0.2) is 0 Å². The van der Waals surface area contributed by atoms with Crippen LogP contribution in [0.15, 0.2) is 0 Å². The molecular weight excluding hydrogens is 214 g/mol. The van der Waals surface area contributed by atoms with Gasteiger partial charge in [0.05, 0.1) is 6.61 Å². The van der Waals surface area contributed by atoms with Crippen molar-refractivity contribution in [1.29, 1.82) is 0 Å². The third kappa shape index (κ3) is 4.86. The van der Waals surface area contributed by atoms with Gasteiger partial charge in [-0.05, 0) is 26.2 Å². The van der Waals surface area contributed by atoms with Crippen molar-refractivity contribution in [3.8, 4) is 0 Å². The quantitative estimate of drug-likeness (QED) is 0.721. The molecule has 0 radical (unpaired) electrons. The van der Waals surface area contributed by atoms with Crippen LogP contribution in [0.25, 0.3) is 0 Å². The van der Waals surface area contributed by atoms with E-state index < -0.39 is 6.04 Å². The fraction of sp³-hybridized carbons (Fsp3) is 0.900. The summed E-state index contributed by atoms with van der Waals surface area (Å²) < 4.78 is 10.3. The second-order valence-electron chi connectivity index (χ2n) is 3.49. The van der Waals surface area contributed by atoms with Crippen LogP contribution in [-0.2, 0) is 14.3 Å². The molecule has 15 heavy (non-hydrogen) atoms. The van der Waals surface area contributed by atoms with Crippen LogP contribution in [0.2, 0.25) is 0 Å². The van der Waals surface area contributed by atoms with Gasteiger partial charge in [0.2, 0.25) is 0 Å². The van der Waals surface area contributed by atoms with Crippen molar-refractivity contribution in [3.63, 3.8) is 0 Å². The molecule has 1 aliphatic rings. The average Bonchev–Trinajstić information content (AvgIpc) is 2.27. The number of nitrogens with two attached hydrogens (primary N) is 1. The Balaban J connectivity index is 2.14. The van der Waals surface area contributed by atoms with Gasteiger partial charge in [-0.15, -0.1) is 11.8 Å². The first-order chi connectivity index (χ1) is 7.24. The maximum absolute atomic E-state index is 11.2. The SMILES string of the molecule is CCOC(=O)[C@@H](N)CS[C@@H]1CCCCO1. The lowest BCUT2D eigenvalue weighted by Crippen LogP contribution is -2.35. The van der Waals surface area contributed by atoms with E-state index in [-0.39, 0.29) is 11.4 Å². The lowest BCUT2D eigenvalue weighted by Gasteiger charge is -2.22. The molecule has 0 unspecified atom stereocenters. The molecule has 1 aliphatic heterocycles. The van der Waals surface area contributed by atoms with Gasteiger partial charge >= 0.3 is 5.97 Å². The number of rotatable bonds is 5. The zero-order valence-electron chi connectivity index (χ0n) is 9.11. The molecule has 0 spiro atoms. The molecule has 4 nitrogen and oxygen atoms in total. The average molecular weight is 233 g/mol. The largest absolute Gasteiger partial charge is 0.465 e. The smallest absolute Gasteiger partial charge is 0.323 e. The molecule has 1 heterocycles. The minimum atomic E-state index is -0.527. The van der Waals surface area contributed by atoms with E-state index in [4.69, 9.17) is 15.2 Å². The molecule has 88 valence electrons. The first-order valence-corrected chi connectivity index (χ1v) is 6.44. The molecular formula is C10H19NO3S. The van der Waals surface area contributed by atoms with E-state index in [0.29, 0.717) is 12.4 Å². The third-order valence-electron chi connectivity index (χ3n) is 2.19. The second kappa shape index (κ2) is 7.09. The van der Waals surface area contributed by atoms with Crippen molar-refractivity contribution >= 4 is 17.7 Å². The molecule has 0 aromatic rings. The number of ether oxygens (including phenoxy) is 2. The highest BCUT2D eigenvalue weighted by molar-refractivity contribution is 7.99. The lowest BCUT2D eigenvalue weighted by atomic mass is 10.2. The Labute approximate surface area is 94.9 Å². The van der Waals surface area contributed by atoms with Crippen molar-refractivity contribution in [2.75, 3.05) is 19.0 Å². The highest BCUT2D eigenvalue weighted by atomic mass is 32.2. The fourth-order valence-corrected chi connectivity index (χ4v) is 2.45. The van der Waals surface area contributed by atoms with Crippen molar-refractivity contribution in [2.45, 2.75) is 37.7 Å². The van der Waals surface area contributed by atoms with Crippen LogP contribution < -0.4 is 5.73 Å². The monoisotopic (exact) mass is 233 g/mol. The third-order valence-corrected chi connectivity index (χ3v) is 3.48. The Morgan fingerprint density at radius 3 is 3.07 bits per heavy atom. The summed E-state index contributed by atoms with van der Waals surface area (Å²) in [4.78, 5) is 11.2. The Morgan fingerprint density at radius 1 is 1.67 bits per heavy atom. The van der Waals surface area contributed by atoms with Gasteiger partial charge in [-0.1, -0.05) is 0 Å². The highest BCUT2D eigenvalue weighted by Gasteiger charge is 2.19. The van der Waals surface area contributed by atoms with E-state index in [0.717, 1.165) is 19.4 Å². The number of esters is 1. The Morgan fingerprint density at radius 2 is 2.47 bits per heavy atom. The summed E-state index contributed by atoms with van der Waals surface area (Å²) in [5, 5.41) is 0. The van der Waals surface area contributed by atoms with Crippen LogP contribution in [0.3, 0.4) is 0 Å². The molecule has 2 N–H and O–H groups in total. The van der Waals surface area contributed by atoms with E-state index in [9.17, 15) is 4.79 Å². The number of thioether (sulfide) groups is 1. The lowest BCUT2D eigenvalue weighted by molar-refractivity contribution is -0.144. The van der Waals surface area contributed by atoms with Crippen LogP contribution >= 0.6 is 11.8 Å². The van der Waals surface area contributed by atoms with Crippen molar-refractivity contribution in [1.82, 2.24) is 0 Å². The number of carbonyl (C=O) groups excluding carboxylic acids is 1. The fourth-order valence-electron chi connectivity index (χ4n) is 1.37. The second-order valence-corrected chi connectivity index (χ2v) is 4.68. The van der Waals surface area contributed by atoms with Crippen molar-refractivity contribution in [3.05, 3.63) is 0 Å². The molecule has 2 atom stereocenters. The van der Waals surface area contributed by atoms with Crippen LogP contribution in [0, 0.1) is 0 Å². The minimum absolute atomic E-state index is 0.208. The molecule has 0 aliphatic carbocycles. The zero-order chi connectivity index (χ0) is 11.1. The molecule has 0 saturated carbocycles. The van der Waals surface area contributed by atoms with Gasteiger partial charge in [-0.2, -0.15) is 0 Å². The normalized spacial score (nSPS) is 23.5. The molecule has 0 amide bonds. The van der Waals surface area contributed by atoms with Crippen LogP contribution in [0.4, 0.5) is 0 Å². The molecule has 1 rings (SSSR count). The maximum Gasteiger partial charge on any atom is 0.323 e. The summed E-state index contributed by atoms with van der Waals surface area (Å²) in [7, 11) is 0. The molecule has 5 heteroatoms. The molecule has 0 bridgehead atoms. The number of carbonyl (C=O) groups is 1. The van der Waals surface area contributed by atoms with Crippen LogP contribution in [0.5, 0.6) is 0 Å². The first kappa shape index (κ1) is 12.8. The molecule has 1 saturated heterocycles. The van der Waals surface area contributed by atoms with E-state index in [1.54, 1.807) is 18.7 Å². The van der Waals surface area contributed by atoms with Gasteiger partial charge in [0.1, 0.15) is 11.5 Å². The Kier molecular flexibility index (Phi) is 6.05. The Bertz CT molecular complexity index is 195. The highest BCUT2D eigenvalue weighted by Crippen LogP contribution is 2.23. The van der Waals surface area contributed by atoms with Crippen molar-refractivity contribution in [2.24, 2.45) is 5.73 Å². The van der Waals surface area contributed by atoms with Gasteiger partial charge in [0.15, 0.2) is 0 Å². The van der Waals surface area contributed by atoms with E-state index in [1.807, 2.05) is 0 Å². The predicted molar refractivity (Wildman–Crippen MR) is 60.7 cm³/mol. The first-order valence-electron chi connectivity index (χ1n) is 5.39. The number of hydrogen-bond acceptors (Lipinski definition) is 5. The minimum Gasteiger partial charge on any atom is -0.465 e. The van der Waals surface area contributed by atoms with Crippen molar-refractivity contribution < 1.29 is 14.3 Å². The standard InChI is InChI=1S/C10H19NO3S/c1-2-13-10(12)8(11)7-15-9-5-3-4-6-14-9/h8-9H,2-7,11H2,1H3/t8-,9+/m0/s1. The Hall–Kier alpha value is -0.260. The van der Waals surface area contributed by atoms with E-state index in [2.05, 4.69) is 0 Å². The molecule has 0 aromatic carbocycles. The van der Waals surface area contributed by atoms with Gasteiger partial charge in [0.25, 0.3) is 0 Å². The van der Waals surface area contributed by atoms with Crippen LogP contribution in [0.1, 0.15) is 26.2 Å².